The first-order valence-corrected chi connectivity index (χ1v) is 9.80. The van der Waals surface area contributed by atoms with Gasteiger partial charge in [-0.05, 0) is 36.2 Å². The third-order valence-corrected chi connectivity index (χ3v) is 4.89. The van der Waals surface area contributed by atoms with Gasteiger partial charge in [0.1, 0.15) is 11.1 Å². The molecule has 0 saturated heterocycles. The molecular formula is C20H19ClN4O7. The quantitative estimate of drug-likeness (QED) is 0.440. The Labute approximate surface area is 187 Å². The molecule has 0 saturated carbocycles. The molecule has 0 aromatic heterocycles. The van der Waals surface area contributed by atoms with Crippen molar-refractivity contribution in [3.05, 3.63) is 62.7 Å². The number of rotatable bonds is 6. The van der Waals surface area contributed by atoms with Crippen LogP contribution in [0.25, 0.3) is 0 Å². The molecule has 1 atom stereocenters. The van der Waals surface area contributed by atoms with E-state index < -0.39 is 34.4 Å². The third-order valence-electron chi connectivity index (χ3n) is 4.57. The maximum absolute atomic E-state index is 12.6. The van der Waals surface area contributed by atoms with Gasteiger partial charge < -0.3 is 14.8 Å². The SMILES string of the molecule is CC(C)C(NC(=O)c1ccc(Cl)c([N+](=O)[O-])c1)C(=O)NNC(=O)c1ccc2c(c1)OCO2. The van der Waals surface area contributed by atoms with Crippen LogP contribution in [0, 0.1) is 16.0 Å². The lowest BCUT2D eigenvalue weighted by molar-refractivity contribution is -0.384. The number of carbonyl (C=O) groups excluding carboxylic acids is 3. The number of nitro benzene ring substituents is 1. The van der Waals surface area contributed by atoms with Gasteiger partial charge in [0.25, 0.3) is 23.4 Å². The summed E-state index contributed by atoms with van der Waals surface area (Å²) in [6.07, 6.45) is 0. The van der Waals surface area contributed by atoms with E-state index in [-0.39, 0.29) is 28.9 Å². The number of hydrogen-bond acceptors (Lipinski definition) is 7. The van der Waals surface area contributed by atoms with E-state index in [4.69, 9.17) is 21.1 Å². The Hall–Kier alpha value is -3.86. The Morgan fingerprint density at radius 2 is 1.66 bits per heavy atom. The van der Waals surface area contributed by atoms with Crippen molar-refractivity contribution in [1.82, 2.24) is 16.2 Å². The highest BCUT2D eigenvalue weighted by atomic mass is 35.5. The summed E-state index contributed by atoms with van der Waals surface area (Å²) in [4.78, 5) is 47.8. The fraction of sp³-hybridized carbons (Fsp3) is 0.250. The first kappa shape index (κ1) is 22.8. The first-order chi connectivity index (χ1) is 15.2. The van der Waals surface area contributed by atoms with Gasteiger partial charge in [-0.1, -0.05) is 25.4 Å². The lowest BCUT2D eigenvalue weighted by atomic mass is 10.0. The maximum Gasteiger partial charge on any atom is 0.288 e. The standard InChI is InChI=1S/C20H19ClN4O7/c1-10(2)17(22-18(26)11-3-5-13(21)14(7-11)25(29)30)20(28)24-23-19(27)12-4-6-15-16(8-12)32-9-31-15/h3-8,10,17H,9H2,1-2H3,(H,22,26)(H,23,27)(H,24,28). The van der Waals surface area contributed by atoms with Crippen LogP contribution in [-0.2, 0) is 4.79 Å². The van der Waals surface area contributed by atoms with Gasteiger partial charge in [0.2, 0.25) is 6.79 Å². The van der Waals surface area contributed by atoms with E-state index in [0.29, 0.717) is 11.5 Å². The molecule has 168 valence electrons. The van der Waals surface area contributed by atoms with Crippen molar-refractivity contribution in [2.24, 2.45) is 5.92 Å². The van der Waals surface area contributed by atoms with Crippen LogP contribution in [0.3, 0.4) is 0 Å². The molecule has 3 N–H and O–H groups in total. The van der Waals surface area contributed by atoms with Crippen molar-refractivity contribution in [3.63, 3.8) is 0 Å². The average molecular weight is 463 g/mol. The van der Waals surface area contributed by atoms with Gasteiger partial charge in [-0.25, -0.2) is 0 Å². The number of ether oxygens (including phenoxy) is 2. The van der Waals surface area contributed by atoms with Crippen molar-refractivity contribution in [2.75, 3.05) is 6.79 Å². The van der Waals surface area contributed by atoms with E-state index in [1.165, 1.54) is 24.3 Å². The zero-order chi connectivity index (χ0) is 23.4. The van der Waals surface area contributed by atoms with Crippen LogP contribution >= 0.6 is 11.6 Å². The number of carbonyl (C=O) groups is 3. The first-order valence-electron chi connectivity index (χ1n) is 9.42. The molecule has 2 aromatic rings. The van der Waals surface area contributed by atoms with Gasteiger partial charge in [0.15, 0.2) is 11.5 Å². The van der Waals surface area contributed by atoms with E-state index in [1.54, 1.807) is 19.9 Å². The van der Waals surface area contributed by atoms with Crippen LogP contribution in [-0.4, -0.2) is 35.5 Å². The van der Waals surface area contributed by atoms with Crippen molar-refractivity contribution < 1.29 is 28.8 Å². The topological polar surface area (TPSA) is 149 Å². The van der Waals surface area contributed by atoms with Gasteiger partial charge >= 0.3 is 0 Å². The number of fused-ring (bicyclic) bond motifs is 1. The summed E-state index contributed by atoms with van der Waals surface area (Å²) < 4.78 is 10.4. The Morgan fingerprint density at radius 1 is 1.00 bits per heavy atom. The molecule has 1 heterocycles. The second-order valence-corrected chi connectivity index (χ2v) is 7.54. The average Bonchev–Trinajstić information content (AvgIpc) is 3.23. The predicted molar refractivity (Wildman–Crippen MR) is 112 cm³/mol. The zero-order valence-electron chi connectivity index (χ0n) is 17.0. The summed E-state index contributed by atoms with van der Waals surface area (Å²) in [5, 5.41) is 13.4. The van der Waals surface area contributed by atoms with Crippen LogP contribution in [0.4, 0.5) is 5.69 Å². The van der Waals surface area contributed by atoms with Gasteiger partial charge in [-0.3, -0.25) is 35.3 Å². The Balaban J connectivity index is 1.64. The molecule has 12 heteroatoms. The van der Waals surface area contributed by atoms with E-state index in [1.807, 2.05) is 0 Å². The van der Waals surface area contributed by atoms with Crippen LogP contribution in [0.1, 0.15) is 34.6 Å². The van der Waals surface area contributed by atoms with Crippen molar-refractivity contribution >= 4 is 35.0 Å². The van der Waals surface area contributed by atoms with Gasteiger partial charge in [-0.2, -0.15) is 0 Å². The molecule has 1 aliphatic rings. The zero-order valence-corrected chi connectivity index (χ0v) is 17.8. The van der Waals surface area contributed by atoms with Crippen molar-refractivity contribution in [2.45, 2.75) is 19.9 Å². The van der Waals surface area contributed by atoms with Crippen molar-refractivity contribution in [1.29, 1.82) is 0 Å². The number of nitro groups is 1. The Morgan fingerprint density at radius 3 is 2.34 bits per heavy atom. The number of halogens is 1. The summed E-state index contributed by atoms with van der Waals surface area (Å²) in [6, 6.07) is 7.07. The van der Waals surface area contributed by atoms with E-state index in [0.717, 1.165) is 6.07 Å². The molecule has 2 aromatic carbocycles. The molecule has 0 spiro atoms. The minimum absolute atomic E-state index is 0.0380. The highest BCUT2D eigenvalue weighted by molar-refractivity contribution is 6.32. The third kappa shape index (κ3) is 5.06. The lowest BCUT2D eigenvalue weighted by Gasteiger charge is -2.22. The molecule has 11 nitrogen and oxygen atoms in total. The molecule has 3 amide bonds. The van der Waals surface area contributed by atoms with Crippen LogP contribution in [0.2, 0.25) is 5.02 Å². The van der Waals surface area contributed by atoms with Crippen LogP contribution in [0.5, 0.6) is 11.5 Å². The number of hydrogen-bond donors (Lipinski definition) is 3. The predicted octanol–water partition coefficient (Wildman–Crippen LogP) is 2.19. The van der Waals surface area contributed by atoms with Crippen molar-refractivity contribution in [3.8, 4) is 11.5 Å². The minimum Gasteiger partial charge on any atom is -0.454 e. The second-order valence-electron chi connectivity index (χ2n) is 7.13. The monoisotopic (exact) mass is 462 g/mol. The van der Waals surface area contributed by atoms with Crippen LogP contribution < -0.4 is 25.6 Å². The lowest BCUT2D eigenvalue weighted by Crippen LogP contribution is -2.54. The van der Waals surface area contributed by atoms with Gasteiger partial charge in [0, 0.05) is 17.2 Å². The largest absolute Gasteiger partial charge is 0.454 e. The summed E-state index contributed by atoms with van der Waals surface area (Å²) in [7, 11) is 0. The van der Waals surface area contributed by atoms with E-state index in [9.17, 15) is 24.5 Å². The number of nitrogens with one attached hydrogen (secondary N) is 3. The summed E-state index contributed by atoms with van der Waals surface area (Å²) in [5.74, 6) is -1.42. The second kappa shape index (κ2) is 9.52. The fourth-order valence-electron chi connectivity index (χ4n) is 2.86. The fourth-order valence-corrected chi connectivity index (χ4v) is 3.05. The molecule has 1 aliphatic heterocycles. The molecule has 0 radical (unpaired) electrons. The van der Waals surface area contributed by atoms with E-state index in [2.05, 4.69) is 16.2 Å². The maximum atomic E-state index is 12.6. The van der Waals surface area contributed by atoms with Crippen LogP contribution in [0.15, 0.2) is 36.4 Å². The molecule has 0 aliphatic carbocycles. The Bertz CT molecular complexity index is 1090. The van der Waals surface area contributed by atoms with Gasteiger partial charge in [-0.15, -0.1) is 0 Å². The molecule has 32 heavy (non-hydrogen) atoms. The smallest absolute Gasteiger partial charge is 0.288 e. The highest BCUT2D eigenvalue weighted by Gasteiger charge is 2.26. The van der Waals surface area contributed by atoms with Gasteiger partial charge in [0.05, 0.1) is 4.92 Å². The molecule has 0 fully saturated rings. The number of benzene rings is 2. The Kier molecular flexibility index (Phi) is 6.79. The number of nitrogens with zero attached hydrogens (tertiary/aromatic N) is 1. The summed E-state index contributed by atoms with van der Waals surface area (Å²) >= 11 is 5.76. The normalized spacial score (nSPS) is 12.8. The minimum atomic E-state index is -1.03. The number of amides is 3. The molecule has 0 bridgehead atoms. The summed E-state index contributed by atoms with van der Waals surface area (Å²) in [5.41, 5.74) is 4.31. The summed E-state index contributed by atoms with van der Waals surface area (Å²) in [6.45, 7) is 3.44. The molecule has 1 unspecified atom stereocenters. The molecular weight excluding hydrogens is 444 g/mol. The van der Waals surface area contributed by atoms with E-state index >= 15 is 0 Å². The highest BCUT2D eigenvalue weighted by Crippen LogP contribution is 2.32. The number of hydrazine groups is 1. The molecule has 3 rings (SSSR count).